The first-order valence-electron chi connectivity index (χ1n) is 8.85. The Morgan fingerprint density at radius 1 is 0.840 bits per heavy atom. The number of benzene rings is 2. The summed E-state index contributed by atoms with van der Waals surface area (Å²) in [5.74, 6) is 0.736. The Bertz CT molecular complexity index is 714. The standard InChI is InChI=1S/C20H29O3PS/c1-17(2)11-5-3-6-12-18-13-9-10-16-20(18)25(24(21,22)23)19-14-7-4-8-15-19/h4,7-10,13-17,21-23H,3,5-6,11-12H2,1-2H3. The van der Waals surface area contributed by atoms with E-state index < -0.39 is 16.8 Å². The van der Waals surface area contributed by atoms with E-state index in [1.165, 1.54) is 19.3 Å². The molecule has 2 aromatic rings. The molecular formula is C20H29O3PS. The molecule has 1 atom stereocenters. The molecule has 138 valence electrons. The van der Waals surface area contributed by atoms with Crippen LogP contribution in [0.5, 0.6) is 0 Å². The molecule has 0 bridgehead atoms. The van der Waals surface area contributed by atoms with Crippen molar-refractivity contribution < 1.29 is 14.7 Å². The smallest absolute Gasteiger partial charge is 0.286 e. The van der Waals surface area contributed by atoms with E-state index in [0.717, 1.165) is 34.1 Å². The third-order valence-corrected chi connectivity index (χ3v) is 8.84. The van der Waals surface area contributed by atoms with Crippen molar-refractivity contribution in [1.82, 2.24) is 0 Å². The van der Waals surface area contributed by atoms with Crippen molar-refractivity contribution in [3.63, 3.8) is 0 Å². The van der Waals surface area contributed by atoms with Gasteiger partial charge in [0.25, 0.3) is 6.72 Å². The van der Waals surface area contributed by atoms with Crippen molar-refractivity contribution in [2.24, 2.45) is 5.92 Å². The molecule has 1 unspecified atom stereocenters. The molecule has 3 N–H and O–H groups in total. The fourth-order valence-electron chi connectivity index (χ4n) is 2.89. The largest absolute Gasteiger partial charge is 0.328 e. The maximum absolute atomic E-state index is 10.1. The fraction of sp³-hybridized carbons (Fsp3) is 0.400. The predicted octanol–water partition coefficient (Wildman–Crippen LogP) is 5.14. The molecule has 0 amide bonds. The number of hydrogen-bond donors (Lipinski definition) is 3. The molecule has 5 heteroatoms. The van der Waals surface area contributed by atoms with E-state index in [1.54, 1.807) is 0 Å². The Morgan fingerprint density at radius 2 is 1.48 bits per heavy atom. The summed E-state index contributed by atoms with van der Waals surface area (Å²) in [4.78, 5) is 31.9. The molecule has 0 spiro atoms. The monoisotopic (exact) mass is 380 g/mol. The van der Waals surface area contributed by atoms with Crippen LogP contribution in [0.4, 0.5) is 0 Å². The summed E-state index contributed by atoms with van der Waals surface area (Å²) in [5, 5.41) is 0. The van der Waals surface area contributed by atoms with Crippen LogP contribution in [0.25, 0.3) is 0 Å². The fourth-order valence-corrected chi connectivity index (χ4v) is 7.27. The van der Waals surface area contributed by atoms with E-state index >= 15 is 0 Å². The number of hydrogen-bond acceptors (Lipinski definition) is 0. The zero-order valence-corrected chi connectivity index (χ0v) is 16.7. The molecule has 25 heavy (non-hydrogen) atoms. The van der Waals surface area contributed by atoms with E-state index in [1.807, 2.05) is 54.6 Å². The van der Waals surface area contributed by atoms with Gasteiger partial charge in [-0.15, -0.1) is 0 Å². The van der Waals surface area contributed by atoms with Gasteiger partial charge in [-0.3, -0.25) is 0 Å². The Morgan fingerprint density at radius 3 is 2.12 bits per heavy atom. The minimum atomic E-state index is -4.03. The molecule has 0 heterocycles. The average molecular weight is 380 g/mol. The van der Waals surface area contributed by atoms with E-state index in [2.05, 4.69) is 13.8 Å². The molecule has 0 saturated carbocycles. The number of unbranched alkanes of at least 4 members (excludes halogenated alkanes) is 2. The number of rotatable bonds is 8. The van der Waals surface area contributed by atoms with Gasteiger partial charge in [0, 0.05) is 9.79 Å². The molecule has 0 aromatic heterocycles. The Hall–Kier alpha value is -0.900. The van der Waals surface area contributed by atoms with Gasteiger partial charge < -0.3 is 14.7 Å². The van der Waals surface area contributed by atoms with E-state index in [9.17, 15) is 14.7 Å². The van der Waals surface area contributed by atoms with Gasteiger partial charge in [-0.25, -0.2) is 0 Å². The molecule has 0 fully saturated rings. The molecule has 0 aliphatic rings. The van der Waals surface area contributed by atoms with Crippen LogP contribution in [0.15, 0.2) is 64.4 Å². The third-order valence-electron chi connectivity index (χ3n) is 4.12. The van der Waals surface area contributed by atoms with Crippen LogP contribution < -0.4 is 0 Å². The number of aryl methyl sites for hydroxylation is 1. The second kappa shape index (κ2) is 9.70. The summed E-state index contributed by atoms with van der Waals surface area (Å²) < 4.78 is 0. The van der Waals surface area contributed by atoms with Crippen molar-refractivity contribution in [3.8, 4) is 0 Å². The summed E-state index contributed by atoms with van der Waals surface area (Å²) in [7, 11) is -1.12. The lowest BCUT2D eigenvalue weighted by Gasteiger charge is -2.19. The van der Waals surface area contributed by atoms with Crippen molar-refractivity contribution in [3.05, 3.63) is 60.2 Å². The van der Waals surface area contributed by atoms with Crippen LogP contribution in [0.3, 0.4) is 0 Å². The van der Waals surface area contributed by atoms with Gasteiger partial charge in [-0.05, 0) is 42.5 Å². The molecule has 2 aromatic carbocycles. The quantitative estimate of drug-likeness (QED) is 0.439. The van der Waals surface area contributed by atoms with Crippen LogP contribution in [0.1, 0.15) is 45.1 Å². The van der Waals surface area contributed by atoms with Crippen LogP contribution in [0, 0.1) is 5.92 Å². The van der Waals surface area contributed by atoms with E-state index in [0.29, 0.717) is 0 Å². The highest BCUT2D eigenvalue weighted by Gasteiger charge is 2.19. The van der Waals surface area contributed by atoms with Crippen LogP contribution in [-0.4, -0.2) is 14.7 Å². The highest BCUT2D eigenvalue weighted by Crippen LogP contribution is 2.44. The van der Waals surface area contributed by atoms with E-state index in [-0.39, 0.29) is 0 Å². The van der Waals surface area contributed by atoms with Crippen molar-refractivity contribution in [2.45, 2.75) is 55.7 Å². The molecule has 0 aliphatic heterocycles. The molecular weight excluding hydrogens is 351 g/mol. The first-order valence-corrected chi connectivity index (χ1v) is 12.3. The maximum atomic E-state index is 10.1. The second-order valence-electron chi connectivity index (χ2n) is 6.71. The second-order valence-corrected chi connectivity index (χ2v) is 11.8. The predicted molar refractivity (Wildman–Crippen MR) is 107 cm³/mol. The van der Waals surface area contributed by atoms with Gasteiger partial charge in [0.2, 0.25) is 0 Å². The normalized spacial score (nSPS) is 13.2. The minimum absolute atomic E-state index is 0.736. The first-order chi connectivity index (χ1) is 11.9. The molecule has 0 radical (unpaired) electrons. The minimum Gasteiger partial charge on any atom is -0.328 e. The van der Waals surface area contributed by atoms with Gasteiger partial charge in [-0.1, -0.05) is 79.6 Å². The highest BCUT2D eigenvalue weighted by atomic mass is 32.5. The molecule has 0 saturated heterocycles. The lowest BCUT2D eigenvalue weighted by Crippen LogP contribution is -2.02. The van der Waals surface area contributed by atoms with Crippen molar-refractivity contribution in [1.29, 1.82) is 0 Å². The third kappa shape index (κ3) is 6.40. The van der Waals surface area contributed by atoms with Crippen LogP contribution >= 0.6 is 6.72 Å². The average Bonchev–Trinajstić information content (AvgIpc) is 2.55. The summed E-state index contributed by atoms with van der Waals surface area (Å²) in [6, 6.07) is 17.1. The highest BCUT2D eigenvalue weighted by molar-refractivity contribution is 8.27. The Balaban J connectivity index is 2.26. The van der Waals surface area contributed by atoms with Gasteiger partial charge in [0.15, 0.2) is 0 Å². The van der Waals surface area contributed by atoms with Crippen molar-refractivity contribution >= 4 is 16.8 Å². The maximum Gasteiger partial charge on any atom is 0.286 e. The summed E-state index contributed by atoms with van der Waals surface area (Å²) >= 11 is 0. The summed E-state index contributed by atoms with van der Waals surface area (Å²) in [6.07, 6.45) is 5.60. The lowest BCUT2D eigenvalue weighted by atomic mass is 10.0. The zero-order valence-electron chi connectivity index (χ0n) is 15.0. The lowest BCUT2D eigenvalue weighted by molar-refractivity contribution is 0.362. The Labute approximate surface area is 153 Å². The van der Waals surface area contributed by atoms with Gasteiger partial charge in [-0.2, -0.15) is 0 Å². The summed E-state index contributed by atoms with van der Waals surface area (Å²) in [6.45, 7) is 0.461. The zero-order chi connectivity index (χ0) is 18.3. The van der Waals surface area contributed by atoms with Crippen LogP contribution in [-0.2, 0) is 16.5 Å². The van der Waals surface area contributed by atoms with Crippen LogP contribution in [0.2, 0.25) is 0 Å². The van der Waals surface area contributed by atoms with Gasteiger partial charge >= 0.3 is 0 Å². The Kier molecular flexibility index (Phi) is 7.92. The van der Waals surface area contributed by atoms with Gasteiger partial charge in [0.1, 0.15) is 0 Å². The summed E-state index contributed by atoms with van der Waals surface area (Å²) in [5.41, 5.74) is 1.10. The molecule has 0 aliphatic carbocycles. The van der Waals surface area contributed by atoms with E-state index in [4.69, 9.17) is 0 Å². The molecule has 3 nitrogen and oxygen atoms in total. The SMILES string of the molecule is CC(C)CCCCCc1ccccc1S(c1ccccc1)=P(O)(O)O. The first kappa shape index (κ1) is 20.4. The van der Waals surface area contributed by atoms with Crippen molar-refractivity contribution in [2.75, 3.05) is 0 Å². The van der Waals surface area contributed by atoms with Gasteiger partial charge in [0.05, 0.1) is 0 Å². The molecule has 2 rings (SSSR count). The topological polar surface area (TPSA) is 60.7 Å².